The van der Waals surface area contributed by atoms with E-state index >= 15 is 0 Å². The molecule has 1 atom stereocenters. The van der Waals surface area contributed by atoms with E-state index in [0.29, 0.717) is 6.05 Å². The molecule has 1 heteroatoms. The third kappa shape index (κ3) is 3.68. The van der Waals surface area contributed by atoms with Gasteiger partial charge in [0.15, 0.2) is 0 Å². The molecule has 1 unspecified atom stereocenters. The van der Waals surface area contributed by atoms with Crippen molar-refractivity contribution in [3.05, 3.63) is 120 Å². The van der Waals surface area contributed by atoms with E-state index in [2.05, 4.69) is 59.7 Å². The normalized spacial score (nSPS) is 17.2. The lowest BCUT2D eigenvalue weighted by Crippen LogP contribution is -2.29. The van der Waals surface area contributed by atoms with E-state index in [9.17, 15) is 0 Å². The molecule has 1 heterocycles. The zero-order chi connectivity index (χ0) is 18.5. The minimum atomic E-state index is -0.00688. The first-order chi connectivity index (χ1) is 13.3. The number of hydrogen-bond donors (Lipinski definition) is 0. The number of para-hydroxylation sites is 1. The van der Waals surface area contributed by atoms with Crippen molar-refractivity contribution in [2.45, 2.75) is 6.04 Å². The highest BCUT2D eigenvalue weighted by atomic mass is 15.1. The van der Waals surface area contributed by atoms with Gasteiger partial charge in [-0.15, -0.1) is 0 Å². The van der Waals surface area contributed by atoms with Crippen molar-refractivity contribution in [2.75, 3.05) is 4.90 Å². The van der Waals surface area contributed by atoms with Crippen molar-refractivity contribution < 1.29 is 1.37 Å². The summed E-state index contributed by atoms with van der Waals surface area (Å²) < 4.78 is 8.43. The van der Waals surface area contributed by atoms with Gasteiger partial charge in [-0.05, 0) is 28.8 Å². The van der Waals surface area contributed by atoms with E-state index in [-0.39, 0.29) is 6.04 Å². The standard InChI is InChI=1S/C25H21N/c1-3-9-21(10-4-1)15-17-24-18-16-23-13-7-8-14-25(23)26(24)20-19-22-11-5-2-6-12-22/h1-20,24H/i16D. The third-order valence-electron chi connectivity index (χ3n) is 4.43. The van der Waals surface area contributed by atoms with Crippen molar-refractivity contribution >= 4 is 23.9 Å². The van der Waals surface area contributed by atoms with Crippen LogP contribution in [0.25, 0.3) is 18.2 Å². The zero-order valence-corrected chi connectivity index (χ0v) is 14.5. The highest BCUT2D eigenvalue weighted by Crippen LogP contribution is 2.30. The number of benzene rings is 3. The van der Waals surface area contributed by atoms with Gasteiger partial charge < -0.3 is 4.90 Å². The molecule has 1 aliphatic rings. The van der Waals surface area contributed by atoms with E-state index in [0.717, 1.165) is 22.4 Å². The topological polar surface area (TPSA) is 3.24 Å². The smallest absolute Gasteiger partial charge is 0.0707 e. The first-order valence-electron chi connectivity index (χ1n) is 9.34. The van der Waals surface area contributed by atoms with Gasteiger partial charge in [-0.3, -0.25) is 0 Å². The molecule has 3 aromatic carbocycles. The van der Waals surface area contributed by atoms with Crippen molar-refractivity contribution in [3.63, 3.8) is 0 Å². The molecule has 0 saturated heterocycles. The van der Waals surface area contributed by atoms with Crippen LogP contribution in [0, 0.1) is 0 Å². The second kappa shape index (κ2) is 7.71. The summed E-state index contributed by atoms with van der Waals surface area (Å²) in [4.78, 5) is 2.22. The van der Waals surface area contributed by atoms with Gasteiger partial charge in [-0.1, -0.05) is 103 Å². The summed E-state index contributed by atoms with van der Waals surface area (Å²) in [5.74, 6) is 0. The number of rotatable bonds is 4. The number of hydrogen-bond acceptors (Lipinski definition) is 1. The maximum Gasteiger partial charge on any atom is 0.0707 e. The van der Waals surface area contributed by atoms with E-state index < -0.39 is 0 Å². The molecule has 0 saturated carbocycles. The van der Waals surface area contributed by atoms with Crippen LogP contribution in [0.1, 0.15) is 18.1 Å². The monoisotopic (exact) mass is 336 g/mol. The Balaban J connectivity index is 1.70. The molecule has 26 heavy (non-hydrogen) atoms. The lowest BCUT2D eigenvalue weighted by atomic mass is 10.0. The van der Waals surface area contributed by atoms with E-state index in [1.165, 1.54) is 0 Å². The van der Waals surface area contributed by atoms with Crippen LogP contribution in [0.5, 0.6) is 0 Å². The highest BCUT2D eigenvalue weighted by Gasteiger charge is 2.18. The van der Waals surface area contributed by atoms with Crippen LogP contribution in [0.15, 0.2) is 103 Å². The second-order valence-corrected chi connectivity index (χ2v) is 6.22. The Bertz CT molecular complexity index is 987. The number of anilines is 1. The molecule has 1 aliphatic heterocycles. The van der Waals surface area contributed by atoms with Crippen LogP contribution in [-0.4, -0.2) is 6.04 Å². The maximum absolute atomic E-state index is 8.43. The van der Waals surface area contributed by atoms with E-state index in [4.69, 9.17) is 1.37 Å². The quantitative estimate of drug-likeness (QED) is 0.542. The van der Waals surface area contributed by atoms with Gasteiger partial charge in [0.05, 0.1) is 7.41 Å². The van der Waals surface area contributed by atoms with Gasteiger partial charge >= 0.3 is 0 Å². The summed E-state index contributed by atoms with van der Waals surface area (Å²) >= 11 is 0. The predicted octanol–water partition coefficient (Wildman–Crippen LogP) is 6.27. The van der Waals surface area contributed by atoms with Gasteiger partial charge in [-0.25, -0.2) is 0 Å². The second-order valence-electron chi connectivity index (χ2n) is 6.22. The average molecular weight is 336 g/mol. The van der Waals surface area contributed by atoms with Gasteiger partial charge in [0, 0.05) is 11.9 Å². The summed E-state index contributed by atoms with van der Waals surface area (Å²) in [5, 5.41) is 0. The number of nitrogens with zero attached hydrogens (tertiary/aromatic N) is 1. The summed E-state index contributed by atoms with van der Waals surface area (Å²) in [7, 11) is 0. The Kier molecular flexibility index (Phi) is 4.44. The first-order valence-corrected chi connectivity index (χ1v) is 8.84. The molecule has 0 N–H and O–H groups in total. The van der Waals surface area contributed by atoms with Crippen molar-refractivity contribution in [2.24, 2.45) is 0 Å². The fraction of sp³-hybridized carbons (Fsp3) is 0.0400. The maximum atomic E-state index is 8.43. The Labute approximate surface area is 156 Å². The van der Waals surface area contributed by atoms with Crippen LogP contribution in [0.4, 0.5) is 5.69 Å². The Morgan fingerprint density at radius 2 is 1.35 bits per heavy atom. The fourth-order valence-electron chi connectivity index (χ4n) is 3.07. The van der Waals surface area contributed by atoms with Crippen LogP contribution in [0.2, 0.25) is 0 Å². The van der Waals surface area contributed by atoms with Crippen LogP contribution < -0.4 is 4.90 Å². The predicted molar refractivity (Wildman–Crippen MR) is 113 cm³/mol. The van der Waals surface area contributed by atoms with Gasteiger partial charge in [0.1, 0.15) is 0 Å². The largest absolute Gasteiger partial charge is 0.337 e. The molecular formula is C25H21N. The molecule has 0 aliphatic carbocycles. The lowest BCUT2D eigenvalue weighted by Gasteiger charge is -2.31. The van der Waals surface area contributed by atoms with Crippen molar-refractivity contribution in [1.82, 2.24) is 0 Å². The molecule has 0 bridgehead atoms. The third-order valence-corrected chi connectivity index (χ3v) is 4.43. The summed E-state index contributed by atoms with van der Waals surface area (Å²) in [6.07, 6.45) is 10.5. The van der Waals surface area contributed by atoms with Gasteiger partial charge in [-0.2, -0.15) is 0 Å². The van der Waals surface area contributed by atoms with Crippen LogP contribution >= 0.6 is 0 Å². The minimum Gasteiger partial charge on any atom is -0.337 e. The van der Waals surface area contributed by atoms with Crippen LogP contribution in [0.3, 0.4) is 0 Å². The molecule has 1 nitrogen and oxygen atoms in total. The molecule has 3 aromatic rings. The molecule has 0 fully saturated rings. The molecule has 0 aromatic heterocycles. The Morgan fingerprint density at radius 1 is 0.731 bits per heavy atom. The molecule has 126 valence electrons. The number of fused-ring (bicyclic) bond motifs is 1. The fourth-order valence-corrected chi connectivity index (χ4v) is 3.07. The van der Waals surface area contributed by atoms with E-state index in [1.807, 2.05) is 60.7 Å². The SMILES string of the molecule is [2H]C1=CC(C=Cc2ccccc2)N(C=Cc2ccccc2)c2ccccc21. The van der Waals surface area contributed by atoms with Gasteiger partial charge in [0.25, 0.3) is 0 Å². The van der Waals surface area contributed by atoms with E-state index in [1.54, 1.807) is 0 Å². The summed E-state index contributed by atoms with van der Waals surface area (Å²) in [5.41, 5.74) is 4.32. The summed E-state index contributed by atoms with van der Waals surface area (Å²) in [6, 6.07) is 29.2. The molecule has 0 spiro atoms. The minimum absolute atomic E-state index is 0.00688. The molecule has 4 rings (SSSR count). The lowest BCUT2D eigenvalue weighted by molar-refractivity contribution is 0.933. The molecule has 0 amide bonds. The molecular weight excluding hydrogens is 314 g/mol. The Hall–Kier alpha value is -3.32. The summed E-state index contributed by atoms with van der Waals surface area (Å²) in [6.45, 7) is 0. The van der Waals surface area contributed by atoms with Crippen molar-refractivity contribution in [1.29, 1.82) is 0 Å². The zero-order valence-electron chi connectivity index (χ0n) is 15.5. The average Bonchev–Trinajstić information content (AvgIpc) is 2.73. The van der Waals surface area contributed by atoms with Gasteiger partial charge in [0.2, 0.25) is 0 Å². The van der Waals surface area contributed by atoms with Crippen molar-refractivity contribution in [3.8, 4) is 0 Å². The first kappa shape index (κ1) is 15.0. The molecule has 0 radical (unpaired) electrons. The highest BCUT2D eigenvalue weighted by molar-refractivity contribution is 5.76. The Morgan fingerprint density at radius 3 is 2.08 bits per heavy atom. The van der Waals surface area contributed by atoms with Crippen LogP contribution in [-0.2, 0) is 0 Å².